The number of nitrogens with two attached hydrogens (primary N) is 1. The predicted octanol–water partition coefficient (Wildman–Crippen LogP) is 1.54. The molecule has 0 aromatic heterocycles. The lowest BCUT2D eigenvalue weighted by Gasteiger charge is -2.39. The van der Waals surface area contributed by atoms with E-state index in [4.69, 9.17) is 5.73 Å². The summed E-state index contributed by atoms with van der Waals surface area (Å²) in [6.45, 7) is 11.0. The number of hydrogen-bond acceptors (Lipinski definition) is 7. The molecule has 0 saturated heterocycles. The molecule has 0 bridgehead atoms. The van der Waals surface area contributed by atoms with Crippen molar-refractivity contribution < 1.29 is 29.1 Å². The van der Waals surface area contributed by atoms with Crippen LogP contribution in [0.5, 0.6) is 0 Å². The summed E-state index contributed by atoms with van der Waals surface area (Å²) in [6, 6.07) is 10.8. The molecule has 4 amide bonds. The van der Waals surface area contributed by atoms with Crippen LogP contribution in [0, 0.1) is 11.3 Å². The van der Waals surface area contributed by atoms with E-state index in [1.165, 1.54) is 19.1 Å². The molecule has 0 fully saturated rings. The van der Waals surface area contributed by atoms with Crippen LogP contribution >= 0.6 is 0 Å². The van der Waals surface area contributed by atoms with Gasteiger partial charge in [-0.1, -0.05) is 71.0 Å². The summed E-state index contributed by atoms with van der Waals surface area (Å²) < 4.78 is 0. The van der Waals surface area contributed by atoms with E-state index in [0.717, 1.165) is 11.1 Å². The first-order valence-corrected chi connectivity index (χ1v) is 13.9. The van der Waals surface area contributed by atoms with E-state index in [0.29, 0.717) is 17.7 Å². The Morgan fingerprint density at radius 1 is 0.952 bits per heavy atom. The molecule has 1 aliphatic heterocycles. The highest BCUT2D eigenvalue weighted by Crippen LogP contribution is 2.38. The van der Waals surface area contributed by atoms with Gasteiger partial charge in [0.05, 0.1) is 12.1 Å². The maximum atomic E-state index is 13.5. The second kappa shape index (κ2) is 13.3. The SMILES string of the molecule is CC(NC(=O)C(N1Cc2ccccc2C1O)C(C)(C)C)C(=O)NC(C(=O)C(=O)NCc1ccc(C(N)=O)cc1)C(C)C. The Kier molecular flexibility index (Phi) is 10.2. The minimum absolute atomic E-state index is 0.0370. The first-order chi connectivity index (χ1) is 19.6. The number of hydrogen-bond donors (Lipinski definition) is 5. The number of fused-ring (bicyclic) bond motifs is 1. The Bertz CT molecular complexity index is 1330. The highest BCUT2D eigenvalue weighted by Gasteiger charge is 2.44. The monoisotopic (exact) mass is 579 g/mol. The summed E-state index contributed by atoms with van der Waals surface area (Å²) in [5, 5.41) is 18.9. The molecule has 11 nitrogen and oxygen atoms in total. The fraction of sp³-hybridized carbons (Fsp3) is 0.452. The van der Waals surface area contributed by atoms with Crippen LogP contribution in [0.2, 0.25) is 0 Å². The number of primary amides is 1. The van der Waals surface area contributed by atoms with E-state index >= 15 is 0 Å². The Morgan fingerprint density at radius 3 is 2.12 bits per heavy atom. The molecule has 11 heteroatoms. The van der Waals surface area contributed by atoms with Gasteiger partial charge in [0.1, 0.15) is 12.3 Å². The van der Waals surface area contributed by atoms with Crippen molar-refractivity contribution in [2.75, 3.05) is 0 Å². The molecule has 0 radical (unpaired) electrons. The normalized spacial score (nSPS) is 17.1. The predicted molar refractivity (Wildman–Crippen MR) is 156 cm³/mol. The Labute approximate surface area is 246 Å². The molecule has 6 N–H and O–H groups in total. The molecular weight excluding hydrogens is 538 g/mol. The van der Waals surface area contributed by atoms with Gasteiger partial charge in [-0.2, -0.15) is 0 Å². The topological polar surface area (TPSA) is 171 Å². The van der Waals surface area contributed by atoms with Crippen LogP contribution in [0.25, 0.3) is 0 Å². The van der Waals surface area contributed by atoms with Crippen molar-refractivity contribution >= 4 is 29.4 Å². The van der Waals surface area contributed by atoms with Crippen LogP contribution in [0.3, 0.4) is 0 Å². The summed E-state index contributed by atoms with van der Waals surface area (Å²) in [5.41, 5.74) is 7.29. The van der Waals surface area contributed by atoms with E-state index < -0.39 is 65.1 Å². The van der Waals surface area contributed by atoms with Gasteiger partial charge in [0.15, 0.2) is 0 Å². The molecule has 4 unspecified atom stereocenters. The number of nitrogens with zero attached hydrogens (tertiary/aromatic N) is 1. The standard InChI is InChI=1S/C31H41N5O6/c1-17(2)23(24(37)28(40)33-15-19-11-13-20(14-12-19)26(32)38)35-27(39)18(3)34-29(41)25(31(4,5)6)36-16-21-9-7-8-10-22(21)30(36)42/h7-14,17-18,23,25,30,42H,15-16H2,1-6H3,(H2,32,38)(H,33,40)(H,34,41)(H,35,39). The second-order valence-electron chi connectivity index (χ2n) is 12.1. The number of carbonyl (C=O) groups excluding carboxylic acids is 5. The van der Waals surface area contributed by atoms with Gasteiger partial charge in [-0.25, -0.2) is 0 Å². The number of Topliss-reactive ketones (excluding diaryl/α,β-unsaturated/α-hetero) is 1. The summed E-state index contributed by atoms with van der Waals surface area (Å²) in [4.78, 5) is 65.2. The average Bonchev–Trinajstić information content (AvgIpc) is 3.24. The molecule has 226 valence electrons. The summed E-state index contributed by atoms with van der Waals surface area (Å²) >= 11 is 0. The number of nitrogens with one attached hydrogen (secondary N) is 3. The van der Waals surface area contributed by atoms with Crippen molar-refractivity contribution in [3.05, 3.63) is 70.8 Å². The number of benzene rings is 2. The summed E-state index contributed by atoms with van der Waals surface area (Å²) in [5.74, 6) is -3.75. The number of ketones is 1. The lowest BCUT2D eigenvalue weighted by atomic mass is 9.84. The number of rotatable bonds is 11. The highest BCUT2D eigenvalue weighted by molar-refractivity contribution is 6.38. The number of aliphatic hydroxyl groups excluding tert-OH is 1. The van der Waals surface area contributed by atoms with Crippen LogP contribution in [0.4, 0.5) is 0 Å². The van der Waals surface area contributed by atoms with Gasteiger partial charge in [0.25, 0.3) is 5.91 Å². The molecule has 1 heterocycles. The highest BCUT2D eigenvalue weighted by atomic mass is 16.3. The van der Waals surface area contributed by atoms with E-state index in [2.05, 4.69) is 16.0 Å². The Hall–Kier alpha value is -4.09. The molecule has 0 spiro atoms. The first-order valence-electron chi connectivity index (χ1n) is 13.9. The van der Waals surface area contributed by atoms with Gasteiger partial charge in [0, 0.05) is 18.7 Å². The third-order valence-electron chi connectivity index (χ3n) is 7.31. The van der Waals surface area contributed by atoms with Crippen molar-refractivity contribution in [2.24, 2.45) is 17.1 Å². The first kappa shape index (κ1) is 32.4. The van der Waals surface area contributed by atoms with Crippen LogP contribution in [0.1, 0.15) is 74.8 Å². The van der Waals surface area contributed by atoms with E-state index in [1.54, 1.807) is 30.9 Å². The Morgan fingerprint density at radius 2 is 1.57 bits per heavy atom. The van der Waals surface area contributed by atoms with Gasteiger partial charge in [-0.15, -0.1) is 0 Å². The van der Waals surface area contributed by atoms with Crippen LogP contribution < -0.4 is 21.7 Å². The molecule has 4 atom stereocenters. The van der Waals surface area contributed by atoms with Gasteiger partial charge in [-0.3, -0.25) is 28.9 Å². The van der Waals surface area contributed by atoms with Crippen molar-refractivity contribution in [1.29, 1.82) is 0 Å². The van der Waals surface area contributed by atoms with Gasteiger partial charge in [0.2, 0.25) is 23.5 Å². The smallest absolute Gasteiger partial charge is 0.289 e. The van der Waals surface area contributed by atoms with Crippen molar-refractivity contribution in [3.8, 4) is 0 Å². The third-order valence-corrected chi connectivity index (χ3v) is 7.31. The Balaban J connectivity index is 1.63. The van der Waals surface area contributed by atoms with Crippen molar-refractivity contribution in [1.82, 2.24) is 20.9 Å². The molecule has 1 aliphatic rings. The molecule has 0 saturated carbocycles. The zero-order valence-electron chi connectivity index (χ0n) is 24.9. The molecule has 2 aromatic carbocycles. The van der Waals surface area contributed by atoms with E-state index in [-0.39, 0.29) is 6.54 Å². The minimum atomic E-state index is -1.12. The number of carbonyl (C=O) groups is 5. The van der Waals surface area contributed by atoms with E-state index in [9.17, 15) is 29.1 Å². The molecular formula is C31H41N5O6. The van der Waals surface area contributed by atoms with Crippen LogP contribution in [0.15, 0.2) is 48.5 Å². The minimum Gasteiger partial charge on any atom is -0.374 e. The lowest BCUT2D eigenvalue weighted by molar-refractivity contribution is -0.142. The lowest BCUT2D eigenvalue weighted by Crippen LogP contribution is -2.58. The molecule has 0 aliphatic carbocycles. The second-order valence-corrected chi connectivity index (χ2v) is 12.1. The van der Waals surface area contributed by atoms with Crippen molar-refractivity contribution in [2.45, 2.75) is 79.0 Å². The third kappa shape index (κ3) is 7.59. The van der Waals surface area contributed by atoms with E-state index in [1.807, 2.05) is 45.0 Å². The fourth-order valence-corrected chi connectivity index (χ4v) is 5.03. The zero-order valence-corrected chi connectivity index (χ0v) is 24.9. The largest absolute Gasteiger partial charge is 0.374 e. The number of amides is 4. The number of aliphatic hydroxyl groups is 1. The molecule has 3 rings (SSSR count). The quantitative estimate of drug-likeness (QED) is 0.251. The maximum absolute atomic E-state index is 13.5. The van der Waals surface area contributed by atoms with Crippen LogP contribution in [-0.4, -0.2) is 57.5 Å². The molecule has 42 heavy (non-hydrogen) atoms. The maximum Gasteiger partial charge on any atom is 0.289 e. The van der Waals surface area contributed by atoms with Gasteiger partial charge < -0.3 is 26.8 Å². The van der Waals surface area contributed by atoms with Gasteiger partial charge in [-0.05, 0) is 47.1 Å². The fourth-order valence-electron chi connectivity index (χ4n) is 5.03. The van der Waals surface area contributed by atoms with Gasteiger partial charge >= 0.3 is 0 Å². The van der Waals surface area contributed by atoms with Crippen molar-refractivity contribution in [3.63, 3.8) is 0 Å². The average molecular weight is 580 g/mol. The van der Waals surface area contributed by atoms with Crippen LogP contribution in [-0.2, 0) is 32.3 Å². The zero-order chi connectivity index (χ0) is 31.4. The summed E-state index contributed by atoms with van der Waals surface area (Å²) in [7, 11) is 0. The molecule has 2 aromatic rings. The summed E-state index contributed by atoms with van der Waals surface area (Å²) in [6.07, 6.45) is -0.970.